The topological polar surface area (TPSA) is 109 Å². The van der Waals surface area contributed by atoms with Crippen molar-refractivity contribution in [2.45, 2.75) is 52.9 Å². The zero-order valence-electron chi connectivity index (χ0n) is 18.0. The first-order chi connectivity index (χ1) is 14.8. The van der Waals surface area contributed by atoms with Crippen molar-refractivity contribution < 1.29 is 9.84 Å². The van der Waals surface area contributed by atoms with Crippen LogP contribution in [0.15, 0.2) is 6.07 Å². The highest BCUT2D eigenvalue weighted by Gasteiger charge is 2.47. The molecule has 0 saturated carbocycles. The number of aromatic nitrogens is 3. The van der Waals surface area contributed by atoms with Gasteiger partial charge in [-0.3, -0.25) is 0 Å². The lowest BCUT2D eigenvalue weighted by molar-refractivity contribution is 0.0973. The Hall–Kier alpha value is -1.71. The molecule has 2 saturated heterocycles. The monoisotopic (exact) mass is 482 g/mol. The van der Waals surface area contributed by atoms with Crippen molar-refractivity contribution in [3.63, 3.8) is 0 Å². The molecule has 4 heterocycles. The fourth-order valence-corrected chi connectivity index (χ4v) is 4.97. The minimum Gasteiger partial charge on any atom is -0.390 e. The molecule has 32 heavy (non-hydrogen) atoms. The largest absolute Gasteiger partial charge is 0.390 e. The lowest BCUT2D eigenvalue weighted by atomic mass is 9.73. The number of nitrogens with one attached hydrogen (secondary N) is 1. The van der Waals surface area contributed by atoms with Gasteiger partial charge < -0.3 is 25.8 Å². The quantitative estimate of drug-likeness (QED) is 0.566. The summed E-state index contributed by atoms with van der Waals surface area (Å²) < 4.78 is 5.82. The maximum Gasteiger partial charge on any atom is 0.153 e. The van der Waals surface area contributed by atoms with Crippen molar-refractivity contribution >= 4 is 34.8 Å². The van der Waals surface area contributed by atoms with E-state index in [1.165, 1.54) is 0 Å². The van der Waals surface area contributed by atoms with E-state index in [9.17, 15) is 5.11 Å². The molecule has 4 N–H and O–H groups in total. The standard InChI is InChI=1S/C21H28Cl2N6O2.CH4/c1-11-17(13-8-15(25-3)28-19(23)16(13)22)27-14(9-30)20(26-11)29-6-4-21(5-7-29)10-31-12(2)18(21)24;/h8,12,18,30H,4-7,9-10,24H2,1-3H3,(H,25,28);1H4/t12-,18+;/m0./s1. The summed E-state index contributed by atoms with van der Waals surface area (Å²) in [6, 6.07) is 1.82. The van der Waals surface area contributed by atoms with E-state index in [-0.39, 0.29) is 36.7 Å². The maximum absolute atomic E-state index is 10.1. The van der Waals surface area contributed by atoms with Crippen LogP contribution in [0, 0.1) is 12.3 Å². The molecule has 4 rings (SSSR count). The van der Waals surface area contributed by atoms with Crippen LogP contribution in [0.5, 0.6) is 0 Å². The van der Waals surface area contributed by atoms with Crippen molar-refractivity contribution in [1.82, 2.24) is 15.0 Å². The molecule has 0 radical (unpaired) electrons. The lowest BCUT2D eigenvalue weighted by Gasteiger charge is -2.42. The van der Waals surface area contributed by atoms with Crippen LogP contribution in [0.2, 0.25) is 10.2 Å². The molecule has 2 aromatic heterocycles. The average molecular weight is 483 g/mol. The van der Waals surface area contributed by atoms with Crippen molar-refractivity contribution in [2.24, 2.45) is 11.1 Å². The second-order valence-corrected chi connectivity index (χ2v) is 9.12. The molecular formula is C22H32Cl2N6O2. The molecule has 8 nitrogen and oxygen atoms in total. The Kier molecular flexibility index (Phi) is 7.51. The molecule has 0 bridgehead atoms. The number of hydrogen-bond donors (Lipinski definition) is 3. The van der Waals surface area contributed by atoms with Gasteiger partial charge in [-0.1, -0.05) is 30.6 Å². The van der Waals surface area contributed by atoms with Gasteiger partial charge in [0.05, 0.1) is 35.7 Å². The second-order valence-electron chi connectivity index (χ2n) is 8.39. The third kappa shape index (κ3) is 4.26. The van der Waals surface area contributed by atoms with Crippen LogP contribution in [0.1, 0.15) is 38.6 Å². The van der Waals surface area contributed by atoms with Gasteiger partial charge in [-0.25, -0.2) is 15.0 Å². The van der Waals surface area contributed by atoms with Crippen molar-refractivity contribution in [2.75, 3.05) is 37.0 Å². The minimum absolute atomic E-state index is 0. The predicted octanol–water partition coefficient (Wildman–Crippen LogP) is 3.66. The fourth-order valence-electron chi connectivity index (χ4n) is 4.59. The van der Waals surface area contributed by atoms with Crippen LogP contribution in [0.4, 0.5) is 11.6 Å². The highest BCUT2D eigenvalue weighted by molar-refractivity contribution is 6.43. The van der Waals surface area contributed by atoms with Crippen LogP contribution in [0.3, 0.4) is 0 Å². The van der Waals surface area contributed by atoms with E-state index < -0.39 is 0 Å². The Bertz CT molecular complexity index is 981. The molecule has 2 fully saturated rings. The normalized spacial score (nSPS) is 22.2. The number of hydrogen-bond acceptors (Lipinski definition) is 8. The average Bonchev–Trinajstić information content (AvgIpc) is 3.04. The van der Waals surface area contributed by atoms with E-state index in [1.54, 1.807) is 13.1 Å². The van der Waals surface area contributed by atoms with Gasteiger partial charge in [0, 0.05) is 37.2 Å². The molecule has 0 aromatic carbocycles. The first-order valence-corrected chi connectivity index (χ1v) is 11.2. The van der Waals surface area contributed by atoms with Crippen LogP contribution < -0.4 is 16.0 Å². The number of ether oxygens (including phenoxy) is 1. The number of rotatable bonds is 4. The van der Waals surface area contributed by atoms with Gasteiger partial charge >= 0.3 is 0 Å². The lowest BCUT2D eigenvalue weighted by Crippen LogP contribution is -2.51. The van der Waals surface area contributed by atoms with E-state index >= 15 is 0 Å². The summed E-state index contributed by atoms with van der Waals surface area (Å²) in [5.41, 5.74) is 8.87. The number of aryl methyl sites for hydroxylation is 1. The predicted molar refractivity (Wildman–Crippen MR) is 129 cm³/mol. The molecule has 1 spiro atoms. The van der Waals surface area contributed by atoms with Gasteiger partial charge in [0.2, 0.25) is 0 Å². The number of pyridine rings is 1. The molecule has 176 valence electrons. The first-order valence-electron chi connectivity index (χ1n) is 10.4. The van der Waals surface area contributed by atoms with Crippen molar-refractivity contribution in [1.29, 1.82) is 0 Å². The molecule has 2 aliphatic rings. The number of piperidine rings is 1. The first kappa shape index (κ1) is 24.9. The molecule has 2 aromatic rings. The highest BCUT2D eigenvalue weighted by atomic mass is 35.5. The third-order valence-corrected chi connectivity index (χ3v) is 7.36. The number of anilines is 2. The molecule has 0 unspecified atom stereocenters. The molecule has 0 amide bonds. The van der Waals surface area contributed by atoms with Crippen molar-refractivity contribution in [3.8, 4) is 11.3 Å². The molecule has 2 atom stereocenters. The Morgan fingerprint density at radius 3 is 2.53 bits per heavy atom. The molecular weight excluding hydrogens is 451 g/mol. The van der Waals surface area contributed by atoms with Gasteiger partial charge in [-0.15, -0.1) is 0 Å². The van der Waals surface area contributed by atoms with E-state index in [0.717, 1.165) is 25.9 Å². The summed E-state index contributed by atoms with van der Waals surface area (Å²) in [6.45, 7) is 5.97. The number of halogens is 2. The number of aliphatic hydroxyl groups excluding tert-OH is 1. The summed E-state index contributed by atoms with van der Waals surface area (Å²) in [5.74, 6) is 1.27. The highest BCUT2D eigenvalue weighted by Crippen LogP contribution is 2.42. The second kappa shape index (κ2) is 9.65. The zero-order valence-corrected chi connectivity index (χ0v) is 19.5. The van der Waals surface area contributed by atoms with E-state index in [1.807, 2.05) is 13.8 Å². The van der Waals surface area contributed by atoms with Crippen LogP contribution in [-0.4, -0.2) is 58.9 Å². The summed E-state index contributed by atoms with van der Waals surface area (Å²) >= 11 is 12.6. The van der Waals surface area contributed by atoms with Crippen LogP contribution >= 0.6 is 23.2 Å². The number of nitrogens with two attached hydrogens (primary N) is 1. The zero-order chi connectivity index (χ0) is 22.3. The summed E-state index contributed by atoms with van der Waals surface area (Å²) in [6.07, 6.45) is 1.92. The Morgan fingerprint density at radius 2 is 1.97 bits per heavy atom. The Labute approximate surface area is 199 Å². The Balaban J connectivity index is 0.00000289. The molecule has 10 heteroatoms. The van der Waals surface area contributed by atoms with Gasteiger partial charge in [-0.05, 0) is 32.8 Å². The Morgan fingerprint density at radius 1 is 1.28 bits per heavy atom. The number of nitrogens with zero attached hydrogens (tertiary/aromatic N) is 4. The minimum atomic E-state index is -0.230. The molecule has 2 aliphatic heterocycles. The van der Waals surface area contributed by atoms with Gasteiger partial charge in [0.1, 0.15) is 11.5 Å². The van der Waals surface area contributed by atoms with Crippen LogP contribution in [-0.2, 0) is 11.3 Å². The smallest absolute Gasteiger partial charge is 0.153 e. The van der Waals surface area contributed by atoms with Gasteiger partial charge in [0.25, 0.3) is 0 Å². The van der Waals surface area contributed by atoms with Gasteiger partial charge in [0.15, 0.2) is 11.0 Å². The maximum atomic E-state index is 10.1. The summed E-state index contributed by atoms with van der Waals surface area (Å²) in [5, 5.41) is 13.5. The SMILES string of the molecule is C.CNc1cc(-c2nc(CO)c(N3CCC4(CC3)CO[C@@H](C)[C@H]4N)nc2C)c(Cl)c(Cl)n1. The van der Waals surface area contributed by atoms with E-state index in [0.29, 0.717) is 45.9 Å². The molecule has 0 aliphatic carbocycles. The number of aliphatic hydroxyl groups is 1. The third-order valence-electron chi connectivity index (χ3n) is 6.60. The van der Waals surface area contributed by atoms with Gasteiger partial charge in [-0.2, -0.15) is 0 Å². The summed E-state index contributed by atoms with van der Waals surface area (Å²) in [4.78, 5) is 15.9. The summed E-state index contributed by atoms with van der Waals surface area (Å²) in [7, 11) is 1.75. The fraction of sp³-hybridized carbons (Fsp3) is 0.591. The van der Waals surface area contributed by atoms with Crippen LogP contribution in [0.25, 0.3) is 11.3 Å². The van der Waals surface area contributed by atoms with E-state index in [4.69, 9.17) is 43.6 Å². The van der Waals surface area contributed by atoms with E-state index in [2.05, 4.69) is 15.2 Å². The van der Waals surface area contributed by atoms with Crippen molar-refractivity contribution in [3.05, 3.63) is 27.6 Å².